The zero-order chi connectivity index (χ0) is 7.56. The Morgan fingerprint density at radius 2 is 1.91 bits per heavy atom. The van der Waals surface area contributed by atoms with E-state index in [1.165, 1.54) is 12.1 Å². The average molecular weight is 197 g/mol. The topological polar surface area (TPSA) is 29.3 Å². The number of benzene rings is 1. The fraction of sp³-hybridized carbons (Fsp3) is 0. The highest BCUT2D eigenvalue weighted by Gasteiger charge is 2.02. The Kier molecular flexibility index (Phi) is 4.18. The molecule has 0 saturated heterocycles. The normalized spacial score (nSPS) is 8.64. The molecule has 1 aromatic rings. The molecule has 0 aliphatic rings. The predicted molar refractivity (Wildman–Crippen MR) is 46.2 cm³/mol. The van der Waals surface area contributed by atoms with Crippen LogP contribution in [0, 0.1) is 5.82 Å². The molecule has 1 aromatic carbocycles. The number of anilines is 1. The van der Waals surface area contributed by atoms with Crippen LogP contribution in [0.2, 0.25) is 0 Å². The summed E-state index contributed by atoms with van der Waals surface area (Å²) in [5.74, 6) is 4.64. The molecule has 1 rings (SSSR count). The van der Waals surface area contributed by atoms with Crippen LogP contribution >= 0.6 is 24.2 Å². The van der Waals surface area contributed by atoms with E-state index in [9.17, 15) is 4.39 Å². The minimum Gasteiger partial charge on any atom is -0.232 e. The average Bonchev–Trinajstić information content (AvgIpc) is 1.88. The maximum absolute atomic E-state index is 12.6. The van der Waals surface area contributed by atoms with E-state index in [-0.39, 0.29) is 18.1 Å². The number of halogens is 3. The smallest absolute Gasteiger partial charge is 0.149 e. The standard InChI is InChI=1S/C6H6ClFN2.ClH/c7-10(9)6-4-2-1-3-5(6)8;/h1-4H,9H2;1H. The van der Waals surface area contributed by atoms with E-state index in [4.69, 9.17) is 17.6 Å². The quantitative estimate of drug-likeness (QED) is 0.424. The van der Waals surface area contributed by atoms with Gasteiger partial charge in [0.05, 0.1) is 0 Å². The first-order valence-electron chi connectivity index (χ1n) is 2.67. The minimum atomic E-state index is -0.431. The molecule has 11 heavy (non-hydrogen) atoms. The largest absolute Gasteiger partial charge is 0.232 e. The van der Waals surface area contributed by atoms with E-state index in [0.717, 1.165) is 4.53 Å². The Balaban J connectivity index is 0.000001000. The Morgan fingerprint density at radius 1 is 1.36 bits per heavy atom. The van der Waals surface area contributed by atoms with Gasteiger partial charge in [0, 0.05) is 11.8 Å². The second-order valence-electron chi connectivity index (χ2n) is 1.76. The predicted octanol–water partition coefficient (Wildman–Crippen LogP) is 2.08. The van der Waals surface area contributed by atoms with Crippen LogP contribution in [0.1, 0.15) is 0 Å². The maximum Gasteiger partial charge on any atom is 0.149 e. The highest BCUT2D eigenvalue weighted by atomic mass is 35.5. The molecule has 5 heteroatoms. The highest BCUT2D eigenvalue weighted by molar-refractivity contribution is 6.24. The Bertz CT molecular complexity index is 230. The van der Waals surface area contributed by atoms with Crippen molar-refractivity contribution in [3.8, 4) is 0 Å². The molecule has 0 radical (unpaired) electrons. The third kappa shape index (κ3) is 2.54. The van der Waals surface area contributed by atoms with E-state index >= 15 is 0 Å². The molecule has 0 spiro atoms. The van der Waals surface area contributed by atoms with Crippen LogP contribution in [-0.4, -0.2) is 0 Å². The van der Waals surface area contributed by atoms with Crippen molar-refractivity contribution in [1.29, 1.82) is 0 Å². The molecule has 0 amide bonds. The molecule has 0 heterocycles. The molecule has 0 saturated carbocycles. The van der Waals surface area contributed by atoms with Gasteiger partial charge in [0.1, 0.15) is 11.5 Å². The molecular formula is C6H7Cl2FN2. The van der Waals surface area contributed by atoms with Crippen LogP contribution in [-0.2, 0) is 0 Å². The van der Waals surface area contributed by atoms with Crippen molar-refractivity contribution in [1.82, 2.24) is 0 Å². The summed E-state index contributed by atoms with van der Waals surface area (Å²) in [6, 6.07) is 6.00. The molecule has 0 aromatic heterocycles. The summed E-state index contributed by atoms with van der Waals surface area (Å²) < 4.78 is 13.4. The van der Waals surface area contributed by atoms with Gasteiger partial charge in [-0.05, 0) is 12.1 Å². The molecule has 0 aliphatic heterocycles. The third-order valence-corrected chi connectivity index (χ3v) is 1.26. The summed E-state index contributed by atoms with van der Waals surface area (Å²) in [5, 5.41) is 0. The number of para-hydroxylation sites is 1. The molecule has 62 valence electrons. The van der Waals surface area contributed by atoms with Crippen molar-refractivity contribution in [3.05, 3.63) is 30.1 Å². The van der Waals surface area contributed by atoms with Crippen molar-refractivity contribution in [2.75, 3.05) is 4.53 Å². The summed E-state index contributed by atoms with van der Waals surface area (Å²) in [6.45, 7) is 0. The van der Waals surface area contributed by atoms with Crippen LogP contribution in [0.15, 0.2) is 24.3 Å². The van der Waals surface area contributed by atoms with Gasteiger partial charge in [-0.3, -0.25) is 0 Å². The molecule has 0 bridgehead atoms. The van der Waals surface area contributed by atoms with Crippen LogP contribution in [0.3, 0.4) is 0 Å². The van der Waals surface area contributed by atoms with E-state index in [2.05, 4.69) is 0 Å². The zero-order valence-corrected chi connectivity index (χ0v) is 7.07. The number of nitrogens with two attached hydrogens (primary N) is 1. The monoisotopic (exact) mass is 196 g/mol. The number of hydrogen-bond donors (Lipinski definition) is 1. The molecule has 0 aliphatic carbocycles. The van der Waals surface area contributed by atoms with Gasteiger partial charge in [0.15, 0.2) is 0 Å². The minimum absolute atomic E-state index is 0. The summed E-state index contributed by atoms with van der Waals surface area (Å²) in [4.78, 5) is 0. The lowest BCUT2D eigenvalue weighted by molar-refractivity contribution is 0.628. The number of nitrogens with zero attached hydrogens (tertiary/aromatic N) is 1. The van der Waals surface area contributed by atoms with Crippen molar-refractivity contribution in [2.24, 2.45) is 5.84 Å². The summed E-state index contributed by atoms with van der Waals surface area (Å²) in [6.07, 6.45) is 0. The first-order valence-corrected chi connectivity index (χ1v) is 3.01. The molecule has 0 atom stereocenters. The SMILES string of the molecule is Cl.NN(Cl)c1ccccc1F. The van der Waals surface area contributed by atoms with Gasteiger partial charge in [-0.25, -0.2) is 14.8 Å². The molecular weight excluding hydrogens is 190 g/mol. The molecule has 0 fully saturated rings. The number of hydrogen-bond acceptors (Lipinski definition) is 2. The van der Waals surface area contributed by atoms with Gasteiger partial charge in [-0.2, -0.15) is 0 Å². The fourth-order valence-electron chi connectivity index (χ4n) is 0.625. The fourth-order valence-corrected chi connectivity index (χ4v) is 0.762. The zero-order valence-electron chi connectivity index (χ0n) is 5.50. The lowest BCUT2D eigenvalue weighted by Gasteiger charge is -2.07. The van der Waals surface area contributed by atoms with Gasteiger partial charge in [-0.1, -0.05) is 12.1 Å². The first-order chi connectivity index (χ1) is 4.72. The number of hydrazine groups is 1. The van der Waals surface area contributed by atoms with Gasteiger partial charge in [-0.15, -0.1) is 12.4 Å². The van der Waals surface area contributed by atoms with E-state index in [1.54, 1.807) is 12.1 Å². The lowest BCUT2D eigenvalue weighted by Crippen LogP contribution is -2.19. The number of rotatable bonds is 1. The van der Waals surface area contributed by atoms with Crippen LogP contribution in [0.25, 0.3) is 0 Å². The second-order valence-corrected chi connectivity index (χ2v) is 2.13. The first kappa shape index (κ1) is 10.5. The highest BCUT2D eigenvalue weighted by Crippen LogP contribution is 2.16. The van der Waals surface area contributed by atoms with Crippen molar-refractivity contribution >= 4 is 29.9 Å². The second kappa shape index (κ2) is 4.38. The lowest BCUT2D eigenvalue weighted by atomic mass is 10.3. The summed E-state index contributed by atoms with van der Waals surface area (Å²) in [7, 11) is 0. The van der Waals surface area contributed by atoms with Gasteiger partial charge in [0.2, 0.25) is 0 Å². The Labute approximate surface area is 75.2 Å². The Morgan fingerprint density at radius 3 is 2.27 bits per heavy atom. The van der Waals surface area contributed by atoms with E-state index in [1.807, 2.05) is 0 Å². The van der Waals surface area contributed by atoms with E-state index in [0.29, 0.717) is 0 Å². The van der Waals surface area contributed by atoms with Crippen molar-refractivity contribution in [3.63, 3.8) is 0 Å². The Hall–Kier alpha value is -0.510. The molecule has 2 N–H and O–H groups in total. The maximum atomic E-state index is 12.6. The van der Waals surface area contributed by atoms with Gasteiger partial charge in [0.25, 0.3) is 0 Å². The van der Waals surface area contributed by atoms with Crippen molar-refractivity contribution in [2.45, 2.75) is 0 Å². The van der Waals surface area contributed by atoms with Crippen LogP contribution in [0.5, 0.6) is 0 Å². The molecule has 2 nitrogen and oxygen atoms in total. The van der Waals surface area contributed by atoms with Crippen LogP contribution < -0.4 is 10.4 Å². The summed E-state index contributed by atoms with van der Waals surface area (Å²) >= 11 is 5.28. The molecule has 0 unspecified atom stereocenters. The van der Waals surface area contributed by atoms with Crippen molar-refractivity contribution < 1.29 is 4.39 Å². The van der Waals surface area contributed by atoms with Gasteiger partial charge >= 0.3 is 0 Å². The van der Waals surface area contributed by atoms with E-state index < -0.39 is 5.82 Å². The summed E-state index contributed by atoms with van der Waals surface area (Å²) in [5.41, 5.74) is 0.171. The van der Waals surface area contributed by atoms with Gasteiger partial charge < -0.3 is 0 Å². The third-order valence-electron chi connectivity index (χ3n) is 1.08. The van der Waals surface area contributed by atoms with Crippen LogP contribution in [0.4, 0.5) is 10.1 Å².